The molecule has 0 atom stereocenters. The molecule has 0 radical (unpaired) electrons. The smallest absolute Gasteiger partial charge is 0.126 e. The minimum Gasteiger partial charge on any atom is -0.496 e. The Labute approximate surface area is 123 Å². The van der Waals surface area contributed by atoms with Crippen LogP contribution in [0.2, 0.25) is 0 Å². The molecule has 0 spiro atoms. The topological polar surface area (TPSA) is 25.0 Å². The van der Waals surface area contributed by atoms with E-state index in [1.54, 1.807) is 7.11 Å². The summed E-state index contributed by atoms with van der Waals surface area (Å²) < 4.78 is 5.46. The predicted molar refractivity (Wildman–Crippen MR) is 87.8 cm³/mol. The maximum atomic E-state index is 5.46. The van der Waals surface area contributed by atoms with Crippen molar-refractivity contribution in [2.75, 3.05) is 7.11 Å². The Hall–Kier alpha value is -2.74. The Morgan fingerprint density at radius 1 is 0.762 bits per heavy atom. The summed E-state index contributed by atoms with van der Waals surface area (Å²) >= 11 is 0. The van der Waals surface area contributed by atoms with E-state index in [9.17, 15) is 0 Å². The highest BCUT2D eigenvalue weighted by atomic mass is 16.5. The Balaban J connectivity index is 1.97. The van der Waals surface area contributed by atoms with Gasteiger partial charge in [-0.2, -0.15) is 0 Å². The average Bonchev–Trinajstić information content (AvgIpc) is 2.92. The number of hydrogen-bond acceptors (Lipinski definition) is 1. The first-order chi connectivity index (χ1) is 10.4. The molecular formula is C19H15NO. The van der Waals surface area contributed by atoms with Crippen LogP contribution in [-0.2, 0) is 0 Å². The summed E-state index contributed by atoms with van der Waals surface area (Å²) in [6.07, 6.45) is 0. The SMILES string of the molecule is COc1ccccc1-c1ccc2c(c1)[nH]c1ccccc12. The molecule has 0 aliphatic carbocycles. The van der Waals surface area contributed by atoms with Gasteiger partial charge in [-0.05, 0) is 23.8 Å². The van der Waals surface area contributed by atoms with Crippen LogP contribution in [-0.4, -0.2) is 12.1 Å². The van der Waals surface area contributed by atoms with E-state index in [-0.39, 0.29) is 0 Å². The number of fused-ring (bicyclic) bond motifs is 3. The number of aromatic amines is 1. The molecule has 0 saturated heterocycles. The van der Waals surface area contributed by atoms with Crippen LogP contribution >= 0.6 is 0 Å². The van der Waals surface area contributed by atoms with Gasteiger partial charge >= 0.3 is 0 Å². The first kappa shape index (κ1) is 12.0. The van der Waals surface area contributed by atoms with Crippen molar-refractivity contribution in [3.8, 4) is 16.9 Å². The van der Waals surface area contributed by atoms with E-state index in [0.29, 0.717) is 0 Å². The highest BCUT2D eigenvalue weighted by Crippen LogP contribution is 2.33. The van der Waals surface area contributed by atoms with E-state index in [2.05, 4.69) is 53.5 Å². The molecule has 2 nitrogen and oxygen atoms in total. The summed E-state index contributed by atoms with van der Waals surface area (Å²) in [6.45, 7) is 0. The zero-order valence-electron chi connectivity index (χ0n) is 11.8. The maximum Gasteiger partial charge on any atom is 0.126 e. The Bertz CT molecular complexity index is 937. The van der Waals surface area contributed by atoms with E-state index < -0.39 is 0 Å². The first-order valence-electron chi connectivity index (χ1n) is 7.01. The summed E-state index contributed by atoms with van der Waals surface area (Å²) in [5, 5.41) is 2.52. The third kappa shape index (κ3) is 1.88. The van der Waals surface area contributed by atoms with Crippen LogP contribution < -0.4 is 4.74 Å². The van der Waals surface area contributed by atoms with Crippen LogP contribution in [0.15, 0.2) is 66.7 Å². The van der Waals surface area contributed by atoms with Crippen LogP contribution in [0.25, 0.3) is 32.9 Å². The van der Waals surface area contributed by atoms with Gasteiger partial charge in [-0.3, -0.25) is 0 Å². The monoisotopic (exact) mass is 273 g/mol. The van der Waals surface area contributed by atoms with E-state index in [4.69, 9.17) is 4.74 Å². The van der Waals surface area contributed by atoms with Crippen LogP contribution in [0.3, 0.4) is 0 Å². The van der Waals surface area contributed by atoms with Gasteiger partial charge in [0.25, 0.3) is 0 Å². The van der Waals surface area contributed by atoms with Crippen molar-refractivity contribution in [2.24, 2.45) is 0 Å². The number of nitrogens with one attached hydrogen (secondary N) is 1. The zero-order valence-corrected chi connectivity index (χ0v) is 11.8. The molecule has 21 heavy (non-hydrogen) atoms. The zero-order chi connectivity index (χ0) is 14.2. The summed E-state index contributed by atoms with van der Waals surface area (Å²) in [7, 11) is 1.71. The lowest BCUT2D eigenvalue weighted by molar-refractivity contribution is 0.416. The molecular weight excluding hydrogens is 258 g/mol. The summed E-state index contributed by atoms with van der Waals surface area (Å²) in [5.41, 5.74) is 4.59. The molecule has 1 N–H and O–H groups in total. The van der Waals surface area contributed by atoms with Crippen molar-refractivity contribution in [3.05, 3.63) is 66.7 Å². The van der Waals surface area contributed by atoms with Gasteiger partial charge in [0.15, 0.2) is 0 Å². The van der Waals surface area contributed by atoms with Gasteiger partial charge in [0.05, 0.1) is 7.11 Å². The molecule has 1 aromatic heterocycles. The van der Waals surface area contributed by atoms with E-state index in [1.165, 1.54) is 16.3 Å². The number of H-pyrrole nitrogens is 1. The molecule has 102 valence electrons. The molecule has 0 bridgehead atoms. The minimum absolute atomic E-state index is 0.896. The first-order valence-corrected chi connectivity index (χ1v) is 7.01. The molecule has 0 aliphatic rings. The number of ether oxygens (including phenoxy) is 1. The van der Waals surface area contributed by atoms with Crippen molar-refractivity contribution in [2.45, 2.75) is 0 Å². The number of methoxy groups -OCH3 is 1. The Kier molecular flexibility index (Phi) is 2.68. The molecule has 0 saturated carbocycles. The van der Waals surface area contributed by atoms with Gasteiger partial charge in [-0.25, -0.2) is 0 Å². The molecule has 0 aliphatic heterocycles. The van der Waals surface area contributed by atoms with E-state index >= 15 is 0 Å². The van der Waals surface area contributed by atoms with Gasteiger partial charge in [0.2, 0.25) is 0 Å². The largest absolute Gasteiger partial charge is 0.496 e. The van der Waals surface area contributed by atoms with Gasteiger partial charge in [0, 0.05) is 27.4 Å². The summed E-state index contributed by atoms with van der Waals surface area (Å²) in [4.78, 5) is 3.48. The lowest BCUT2D eigenvalue weighted by Gasteiger charge is -2.08. The number of rotatable bonds is 2. The number of para-hydroxylation sites is 2. The van der Waals surface area contributed by atoms with E-state index in [0.717, 1.165) is 22.4 Å². The fourth-order valence-corrected chi connectivity index (χ4v) is 2.91. The molecule has 0 fully saturated rings. The van der Waals surface area contributed by atoms with Crippen molar-refractivity contribution in [1.29, 1.82) is 0 Å². The van der Waals surface area contributed by atoms with Crippen molar-refractivity contribution < 1.29 is 4.74 Å². The van der Waals surface area contributed by atoms with Crippen LogP contribution in [0.4, 0.5) is 0 Å². The number of benzene rings is 3. The van der Waals surface area contributed by atoms with E-state index in [1.807, 2.05) is 18.2 Å². The summed E-state index contributed by atoms with van der Waals surface area (Å²) in [6, 6.07) is 23.0. The van der Waals surface area contributed by atoms with Gasteiger partial charge in [-0.15, -0.1) is 0 Å². The molecule has 4 aromatic rings. The average molecular weight is 273 g/mol. The molecule has 0 amide bonds. The third-order valence-corrected chi connectivity index (χ3v) is 3.92. The second kappa shape index (κ2) is 4.67. The number of aromatic nitrogens is 1. The highest BCUT2D eigenvalue weighted by Gasteiger charge is 2.08. The van der Waals surface area contributed by atoms with Crippen LogP contribution in [0, 0.1) is 0 Å². The van der Waals surface area contributed by atoms with Crippen LogP contribution in [0.1, 0.15) is 0 Å². The van der Waals surface area contributed by atoms with Crippen molar-refractivity contribution >= 4 is 21.8 Å². The van der Waals surface area contributed by atoms with Crippen molar-refractivity contribution in [3.63, 3.8) is 0 Å². The maximum absolute atomic E-state index is 5.46. The molecule has 2 heteroatoms. The minimum atomic E-state index is 0.896. The highest BCUT2D eigenvalue weighted by molar-refractivity contribution is 6.08. The molecule has 3 aromatic carbocycles. The number of hydrogen-bond donors (Lipinski definition) is 1. The van der Waals surface area contributed by atoms with Gasteiger partial charge < -0.3 is 9.72 Å². The predicted octanol–water partition coefficient (Wildman–Crippen LogP) is 5.00. The lowest BCUT2D eigenvalue weighted by Crippen LogP contribution is -1.87. The molecule has 4 rings (SSSR count). The lowest BCUT2D eigenvalue weighted by atomic mass is 10.0. The fraction of sp³-hybridized carbons (Fsp3) is 0.0526. The van der Waals surface area contributed by atoms with Gasteiger partial charge in [0.1, 0.15) is 5.75 Å². The second-order valence-corrected chi connectivity index (χ2v) is 5.13. The molecule has 1 heterocycles. The van der Waals surface area contributed by atoms with Crippen molar-refractivity contribution in [1.82, 2.24) is 4.98 Å². The van der Waals surface area contributed by atoms with Crippen LogP contribution in [0.5, 0.6) is 5.75 Å². The third-order valence-electron chi connectivity index (χ3n) is 3.92. The quantitative estimate of drug-likeness (QED) is 0.546. The Morgan fingerprint density at radius 3 is 2.43 bits per heavy atom. The second-order valence-electron chi connectivity index (χ2n) is 5.13. The molecule has 0 unspecified atom stereocenters. The fourth-order valence-electron chi connectivity index (χ4n) is 2.91. The normalized spacial score (nSPS) is 11.1. The Morgan fingerprint density at radius 2 is 1.52 bits per heavy atom. The van der Waals surface area contributed by atoms with Gasteiger partial charge in [-0.1, -0.05) is 48.5 Å². The summed E-state index contributed by atoms with van der Waals surface area (Å²) in [5.74, 6) is 0.896. The standard InChI is InChI=1S/C19H15NO/c1-21-19-9-5-3-6-14(19)13-10-11-16-15-7-2-4-8-17(15)20-18(16)12-13/h2-12,20H,1H3.